The summed E-state index contributed by atoms with van der Waals surface area (Å²) < 4.78 is 10.8. The molecule has 6 nitrogen and oxygen atoms in total. The Morgan fingerprint density at radius 2 is 1.49 bits per heavy atom. The third-order valence-corrected chi connectivity index (χ3v) is 6.69. The highest BCUT2D eigenvalue weighted by atomic mass is 35.5. The van der Waals surface area contributed by atoms with Crippen molar-refractivity contribution in [1.82, 2.24) is 5.43 Å². The van der Waals surface area contributed by atoms with Gasteiger partial charge >= 0.3 is 5.97 Å². The summed E-state index contributed by atoms with van der Waals surface area (Å²) in [7, 11) is 1.47. The van der Waals surface area contributed by atoms with Gasteiger partial charge in [0.15, 0.2) is 11.5 Å². The number of hydrazone groups is 1. The number of amides is 1. The molecule has 0 aliphatic carbocycles. The topological polar surface area (TPSA) is 77.0 Å². The lowest BCUT2D eigenvalue weighted by Gasteiger charge is -2.10. The molecule has 0 aromatic heterocycles. The van der Waals surface area contributed by atoms with E-state index in [2.05, 4.69) is 17.5 Å². The Morgan fingerprint density at radius 3 is 2.11 bits per heavy atom. The molecule has 2 aromatic carbocycles. The number of ether oxygens (including phenoxy) is 2. The fourth-order valence-corrected chi connectivity index (χ4v) is 4.11. The smallest absolute Gasteiger partial charge is 0.343 e. The van der Waals surface area contributed by atoms with Crippen LogP contribution in [0.3, 0.4) is 0 Å². The predicted molar refractivity (Wildman–Crippen MR) is 151 cm³/mol. The lowest BCUT2D eigenvalue weighted by Crippen LogP contribution is -2.16. The molecular weight excluding hydrogens is 511 g/mol. The van der Waals surface area contributed by atoms with Crippen LogP contribution in [0.2, 0.25) is 10.0 Å². The molecule has 0 spiro atoms. The first-order valence-corrected chi connectivity index (χ1v) is 13.9. The van der Waals surface area contributed by atoms with Crippen molar-refractivity contribution in [3.05, 3.63) is 57.6 Å². The third kappa shape index (κ3) is 12.0. The Labute approximate surface area is 230 Å². The van der Waals surface area contributed by atoms with Crippen LogP contribution in [0.1, 0.15) is 99.9 Å². The molecular formula is C29H38Cl2N2O4. The number of halogens is 2. The number of esters is 1. The average molecular weight is 550 g/mol. The number of carbonyl (C=O) groups excluding carboxylic acids is 2. The Hall–Kier alpha value is -2.57. The first kappa shape index (κ1) is 30.7. The van der Waals surface area contributed by atoms with E-state index in [0.29, 0.717) is 22.8 Å². The van der Waals surface area contributed by atoms with Gasteiger partial charge in [-0.3, -0.25) is 4.79 Å². The van der Waals surface area contributed by atoms with Gasteiger partial charge in [0.2, 0.25) is 5.91 Å². The maximum absolute atomic E-state index is 12.4. The number of benzene rings is 2. The molecule has 0 saturated heterocycles. The van der Waals surface area contributed by atoms with Gasteiger partial charge in [0.1, 0.15) is 0 Å². The van der Waals surface area contributed by atoms with Gasteiger partial charge in [0, 0.05) is 6.42 Å². The molecule has 1 N–H and O–H groups in total. The Balaban J connectivity index is 1.69. The molecule has 0 aliphatic rings. The summed E-state index contributed by atoms with van der Waals surface area (Å²) in [5.41, 5.74) is 3.51. The van der Waals surface area contributed by atoms with Gasteiger partial charge in [-0.15, -0.1) is 0 Å². The van der Waals surface area contributed by atoms with Crippen molar-refractivity contribution in [3.8, 4) is 11.5 Å². The van der Waals surface area contributed by atoms with E-state index in [1.54, 1.807) is 18.2 Å². The molecule has 0 radical (unpaired) electrons. The minimum absolute atomic E-state index is 0.105. The number of rotatable bonds is 17. The summed E-state index contributed by atoms with van der Waals surface area (Å²) in [6.45, 7) is 2.24. The minimum atomic E-state index is -0.590. The standard InChI is InChI=1S/C29H38Cl2N2O4/c1-3-4-5-6-7-8-9-10-11-12-13-14-28(34)33-32-21-22-15-18-26(27(19-22)36-2)37-29(35)23-16-17-24(30)25(31)20-23/h15-21H,3-14H2,1-2H3,(H,33,34)/b32-21-. The van der Waals surface area contributed by atoms with Crippen molar-refractivity contribution in [3.63, 3.8) is 0 Å². The van der Waals surface area contributed by atoms with E-state index in [9.17, 15) is 9.59 Å². The maximum atomic E-state index is 12.4. The van der Waals surface area contributed by atoms with Crippen LogP contribution < -0.4 is 14.9 Å². The van der Waals surface area contributed by atoms with Crippen molar-refractivity contribution in [2.24, 2.45) is 5.10 Å². The Morgan fingerprint density at radius 1 is 0.838 bits per heavy atom. The number of methoxy groups -OCH3 is 1. The first-order chi connectivity index (χ1) is 17.9. The molecule has 202 valence electrons. The minimum Gasteiger partial charge on any atom is -0.493 e. The predicted octanol–water partition coefficient (Wildman–Crippen LogP) is 8.37. The van der Waals surface area contributed by atoms with Crippen LogP contribution in [0.25, 0.3) is 0 Å². The highest BCUT2D eigenvalue weighted by molar-refractivity contribution is 6.42. The highest BCUT2D eigenvalue weighted by Gasteiger charge is 2.14. The van der Waals surface area contributed by atoms with Gasteiger partial charge in [0.25, 0.3) is 0 Å². The van der Waals surface area contributed by atoms with Crippen molar-refractivity contribution >= 4 is 41.3 Å². The first-order valence-electron chi connectivity index (χ1n) is 13.1. The number of nitrogens with one attached hydrogen (secondary N) is 1. The molecule has 2 rings (SSSR count). The van der Waals surface area contributed by atoms with Crippen molar-refractivity contribution < 1.29 is 19.1 Å². The molecule has 37 heavy (non-hydrogen) atoms. The van der Waals surface area contributed by atoms with Crippen molar-refractivity contribution in [1.29, 1.82) is 0 Å². The molecule has 0 saturated carbocycles. The summed E-state index contributed by atoms with van der Waals surface area (Å²) >= 11 is 11.9. The van der Waals surface area contributed by atoms with Crippen LogP contribution >= 0.6 is 23.2 Å². The summed E-state index contributed by atoms with van der Waals surface area (Å²) in [4.78, 5) is 24.5. The van der Waals surface area contributed by atoms with E-state index < -0.39 is 5.97 Å². The number of unbranched alkanes of at least 4 members (excludes halogenated alkanes) is 10. The Kier molecular flexibility index (Phi) is 14.8. The lowest BCUT2D eigenvalue weighted by molar-refractivity contribution is -0.121. The quantitative estimate of drug-likeness (QED) is 0.0707. The number of nitrogens with zero attached hydrogens (tertiary/aromatic N) is 1. The van der Waals surface area contributed by atoms with Gasteiger partial charge in [-0.25, -0.2) is 10.2 Å². The molecule has 2 aromatic rings. The number of hydrogen-bond acceptors (Lipinski definition) is 5. The number of hydrogen-bond donors (Lipinski definition) is 1. The van der Waals surface area contributed by atoms with E-state index in [-0.39, 0.29) is 22.2 Å². The van der Waals surface area contributed by atoms with Crippen molar-refractivity contribution in [2.45, 2.75) is 84.0 Å². The van der Waals surface area contributed by atoms with Gasteiger partial charge in [-0.05, 0) is 48.4 Å². The molecule has 1 amide bonds. The van der Waals surface area contributed by atoms with E-state index in [0.717, 1.165) is 12.8 Å². The van der Waals surface area contributed by atoms with E-state index in [1.807, 2.05) is 0 Å². The fraction of sp³-hybridized carbons (Fsp3) is 0.483. The summed E-state index contributed by atoms with van der Waals surface area (Å²) in [5, 5.41) is 4.64. The van der Waals surface area contributed by atoms with Gasteiger partial charge < -0.3 is 9.47 Å². The molecule has 0 bridgehead atoms. The lowest BCUT2D eigenvalue weighted by atomic mass is 10.1. The largest absolute Gasteiger partial charge is 0.493 e. The van der Waals surface area contributed by atoms with Gasteiger partial charge in [-0.2, -0.15) is 5.10 Å². The van der Waals surface area contributed by atoms with Gasteiger partial charge in [0.05, 0.1) is 28.9 Å². The summed E-state index contributed by atoms with van der Waals surface area (Å²) in [6, 6.07) is 9.48. The van der Waals surface area contributed by atoms with Crippen LogP contribution in [0.15, 0.2) is 41.5 Å². The van der Waals surface area contributed by atoms with Crippen LogP contribution in [0, 0.1) is 0 Å². The van der Waals surface area contributed by atoms with Crippen LogP contribution in [0.4, 0.5) is 0 Å². The van der Waals surface area contributed by atoms with E-state index in [1.165, 1.54) is 89.3 Å². The average Bonchev–Trinajstić information content (AvgIpc) is 2.89. The molecule has 0 aliphatic heterocycles. The zero-order valence-corrected chi connectivity index (χ0v) is 23.4. The zero-order chi connectivity index (χ0) is 26.9. The molecule has 0 unspecified atom stereocenters. The van der Waals surface area contributed by atoms with Gasteiger partial charge in [-0.1, -0.05) is 94.3 Å². The highest BCUT2D eigenvalue weighted by Crippen LogP contribution is 2.29. The second-order valence-corrected chi connectivity index (χ2v) is 9.82. The maximum Gasteiger partial charge on any atom is 0.343 e. The summed E-state index contributed by atoms with van der Waals surface area (Å²) in [6.07, 6.45) is 15.7. The van der Waals surface area contributed by atoms with E-state index >= 15 is 0 Å². The molecule has 0 fully saturated rings. The SMILES string of the molecule is CCCCCCCCCCCCCC(=O)N/N=C\c1ccc(OC(=O)c2ccc(Cl)c(Cl)c2)c(OC)c1. The second-order valence-electron chi connectivity index (χ2n) is 9.01. The second kappa shape index (κ2) is 17.8. The normalized spacial score (nSPS) is 11.0. The van der Waals surface area contributed by atoms with Crippen molar-refractivity contribution in [2.75, 3.05) is 7.11 Å². The van der Waals surface area contributed by atoms with Crippen LogP contribution in [-0.2, 0) is 4.79 Å². The fourth-order valence-electron chi connectivity index (χ4n) is 3.82. The van der Waals surface area contributed by atoms with Crippen LogP contribution in [-0.4, -0.2) is 25.2 Å². The Bertz CT molecular complexity index is 1030. The van der Waals surface area contributed by atoms with Crippen LogP contribution in [0.5, 0.6) is 11.5 Å². The van der Waals surface area contributed by atoms with E-state index in [4.69, 9.17) is 32.7 Å². The summed E-state index contributed by atoms with van der Waals surface area (Å²) in [5.74, 6) is -0.0971. The molecule has 0 atom stereocenters. The monoisotopic (exact) mass is 548 g/mol. The third-order valence-electron chi connectivity index (χ3n) is 5.96. The zero-order valence-electron chi connectivity index (χ0n) is 21.9. The molecule has 8 heteroatoms. The number of carbonyl (C=O) groups is 2. The molecule has 0 heterocycles.